The van der Waals surface area contributed by atoms with Crippen molar-refractivity contribution in [2.45, 2.75) is 10.1 Å². The van der Waals surface area contributed by atoms with Gasteiger partial charge in [-0.3, -0.25) is 0 Å². The highest BCUT2D eigenvalue weighted by molar-refractivity contribution is 8.00. The van der Waals surface area contributed by atoms with Crippen LogP contribution in [0.25, 0.3) is 0 Å². The number of hydrogen-bond acceptors (Lipinski definition) is 7. The lowest BCUT2D eigenvalue weighted by atomic mass is 10.1. The van der Waals surface area contributed by atoms with Crippen molar-refractivity contribution in [3.05, 3.63) is 35.1 Å². The molecule has 8 heteroatoms. The number of anilines is 1. The van der Waals surface area contributed by atoms with Crippen molar-refractivity contribution < 1.29 is 13.9 Å². The van der Waals surface area contributed by atoms with Crippen LogP contribution in [0.3, 0.4) is 0 Å². The molecule has 1 aromatic carbocycles. The maximum absolute atomic E-state index is 13.8. The van der Waals surface area contributed by atoms with Gasteiger partial charge >= 0.3 is 5.97 Å². The van der Waals surface area contributed by atoms with Gasteiger partial charge in [0.2, 0.25) is 5.13 Å². The first-order chi connectivity index (χ1) is 10.0. The highest BCUT2D eigenvalue weighted by atomic mass is 32.2. The maximum Gasteiger partial charge on any atom is 0.340 e. The zero-order valence-electron chi connectivity index (χ0n) is 11.8. The summed E-state index contributed by atoms with van der Waals surface area (Å²) in [5, 5.41) is 8.91. The largest absolute Gasteiger partial charge is 0.465 e. The average Bonchev–Trinajstić information content (AvgIpc) is 2.93. The third-order valence-corrected chi connectivity index (χ3v) is 4.87. The van der Waals surface area contributed by atoms with Crippen molar-refractivity contribution in [1.82, 2.24) is 10.2 Å². The summed E-state index contributed by atoms with van der Waals surface area (Å²) in [6, 6.07) is 4.48. The van der Waals surface area contributed by atoms with Gasteiger partial charge in [-0.1, -0.05) is 29.2 Å². The molecule has 2 aromatic rings. The molecule has 0 fully saturated rings. The smallest absolute Gasteiger partial charge is 0.340 e. The van der Waals surface area contributed by atoms with Crippen LogP contribution in [0, 0.1) is 5.82 Å². The molecule has 0 radical (unpaired) electrons. The fraction of sp³-hybridized carbons (Fsp3) is 0.308. The van der Waals surface area contributed by atoms with Crippen LogP contribution in [0.15, 0.2) is 22.5 Å². The molecule has 0 amide bonds. The molecule has 0 saturated carbocycles. The van der Waals surface area contributed by atoms with E-state index in [0.29, 0.717) is 5.75 Å². The summed E-state index contributed by atoms with van der Waals surface area (Å²) in [7, 11) is 5.02. The van der Waals surface area contributed by atoms with Gasteiger partial charge in [-0.25, -0.2) is 9.18 Å². The minimum Gasteiger partial charge on any atom is -0.465 e. The first-order valence-corrected chi connectivity index (χ1v) is 7.82. The highest BCUT2D eigenvalue weighted by Crippen LogP contribution is 2.29. The molecule has 0 saturated heterocycles. The van der Waals surface area contributed by atoms with E-state index >= 15 is 0 Å². The molecule has 112 valence electrons. The van der Waals surface area contributed by atoms with Gasteiger partial charge in [-0.2, -0.15) is 0 Å². The van der Waals surface area contributed by atoms with Crippen molar-refractivity contribution in [3.8, 4) is 0 Å². The first kappa shape index (κ1) is 15.7. The van der Waals surface area contributed by atoms with E-state index in [1.165, 1.54) is 42.3 Å². The highest BCUT2D eigenvalue weighted by Gasteiger charge is 2.13. The van der Waals surface area contributed by atoms with Crippen LogP contribution in [0.5, 0.6) is 0 Å². The number of esters is 1. The van der Waals surface area contributed by atoms with Gasteiger partial charge < -0.3 is 9.64 Å². The lowest BCUT2D eigenvalue weighted by Gasteiger charge is -2.04. The summed E-state index contributed by atoms with van der Waals surface area (Å²) in [5.41, 5.74) is 0.712. The fourth-order valence-electron chi connectivity index (χ4n) is 1.51. The molecule has 0 aliphatic carbocycles. The van der Waals surface area contributed by atoms with E-state index in [2.05, 4.69) is 14.9 Å². The predicted molar refractivity (Wildman–Crippen MR) is 81.5 cm³/mol. The Hall–Kier alpha value is -1.67. The molecule has 0 unspecified atom stereocenters. The SMILES string of the molecule is COC(=O)c1ccc(CSc2nnc(N(C)C)s2)cc1F. The Balaban J connectivity index is 2.03. The second-order valence-electron chi connectivity index (χ2n) is 4.34. The standard InChI is InChI=1S/C13H14FN3O2S2/c1-17(2)12-15-16-13(21-12)20-7-8-4-5-9(10(14)6-8)11(18)19-3/h4-6H,7H2,1-3H3. The van der Waals surface area contributed by atoms with Crippen molar-refractivity contribution in [2.24, 2.45) is 0 Å². The molecule has 5 nitrogen and oxygen atoms in total. The monoisotopic (exact) mass is 327 g/mol. The summed E-state index contributed by atoms with van der Waals surface area (Å²) in [6.07, 6.45) is 0. The van der Waals surface area contributed by atoms with Crippen molar-refractivity contribution >= 4 is 34.2 Å². The quantitative estimate of drug-likeness (QED) is 0.622. The Morgan fingerprint density at radius 3 is 2.76 bits per heavy atom. The molecule has 0 atom stereocenters. The summed E-state index contributed by atoms with van der Waals surface area (Å²) < 4.78 is 19.1. The van der Waals surface area contributed by atoms with E-state index in [1.54, 1.807) is 6.07 Å². The van der Waals surface area contributed by atoms with Crippen LogP contribution in [0.1, 0.15) is 15.9 Å². The van der Waals surface area contributed by atoms with Crippen LogP contribution < -0.4 is 4.90 Å². The zero-order valence-corrected chi connectivity index (χ0v) is 13.4. The number of hydrogen-bond donors (Lipinski definition) is 0. The van der Waals surface area contributed by atoms with Gasteiger partial charge in [0.25, 0.3) is 0 Å². The third kappa shape index (κ3) is 3.92. The molecular formula is C13H14FN3O2S2. The molecule has 2 rings (SSSR count). The summed E-state index contributed by atoms with van der Waals surface area (Å²) in [6.45, 7) is 0. The number of halogens is 1. The molecule has 0 aliphatic rings. The molecule has 21 heavy (non-hydrogen) atoms. The Morgan fingerprint density at radius 1 is 1.43 bits per heavy atom. The normalized spacial score (nSPS) is 10.5. The van der Waals surface area contributed by atoms with E-state index in [9.17, 15) is 9.18 Å². The molecule has 1 heterocycles. The predicted octanol–water partition coefficient (Wildman–Crippen LogP) is 2.82. The van der Waals surface area contributed by atoms with Gasteiger partial charge in [0.1, 0.15) is 5.82 Å². The Kier molecular flexibility index (Phi) is 5.13. The van der Waals surface area contributed by atoms with Crippen LogP contribution in [-0.2, 0) is 10.5 Å². The Labute approximate surface area is 130 Å². The Bertz CT molecular complexity index is 646. The lowest BCUT2D eigenvalue weighted by molar-refractivity contribution is 0.0595. The zero-order chi connectivity index (χ0) is 15.4. The van der Waals surface area contributed by atoms with E-state index in [-0.39, 0.29) is 5.56 Å². The van der Waals surface area contributed by atoms with Crippen molar-refractivity contribution in [3.63, 3.8) is 0 Å². The summed E-state index contributed by atoms with van der Waals surface area (Å²) in [4.78, 5) is 13.2. The van der Waals surface area contributed by atoms with Crippen LogP contribution in [0.2, 0.25) is 0 Å². The molecule has 0 aliphatic heterocycles. The van der Waals surface area contributed by atoms with Gasteiger partial charge in [0.05, 0.1) is 12.7 Å². The number of thioether (sulfide) groups is 1. The number of ether oxygens (including phenoxy) is 1. The van der Waals surface area contributed by atoms with Crippen molar-refractivity contribution in [1.29, 1.82) is 0 Å². The molecular weight excluding hydrogens is 313 g/mol. The van der Waals surface area contributed by atoms with E-state index in [1.807, 2.05) is 19.0 Å². The van der Waals surface area contributed by atoms with Crippen LogP contribution in [-0.4, -0.2) is 37.4 Å². The topological polar surface area (TPSA) is 55.3 Å². The fourth-order valence-corrected chi connectivity index (χ4v) is 3.22. The first-order valence-electron chi connectivity index (χ1n) is 6.01. The van der Waals surface area contributed by atoms with Crippen molar-refractivity contribution in [2.75, 3.05) is 26.1 Å². The lowest BCUT2D eigenvalue weighted by Crippen LogP contribution is -2.07. The number of benzene rings is 1. The third-order valence-electron chi connectivity index (χ3n) is 2.58. The average molecular weight is 327 g/mol. The van der Waals surface area contributed by atoms with Gasteiger partial charge in [-0.15, -0.1) is 10.2 Å². The number of rotatable bonds is 5. The van der Waals surface area contributed by atoms with Gasteiger partial charge in [0.15, 0.2) is 4.34 Å². The maximum atomic E-state index is 13.8. The summed E-state index contributed by atoms with van der Waals surface area (Å²) >= 11 is 2.95. The van der Waals surface area contributed by atoms with Crippen LogP contribution >= 0.6 is 23.1 Å². The number of aromatic nitrogens is 2. The minimum atomic E-state index is -0.675. The minimum absolute atomic E-state index is 0.0583. The second kappa shape index (κ2) is 6.86. The molecule has 1 aromatic heterocycles. The second-order valence-corrected chi connectivity index (χ2v) is 6.52. The molecule has 0 spiro atoms. The Morgan fingerprint density at radius 2 is 2.19 bits per heavy atom. The van der Waals surface area contributed by atoms with E-state index in [4.69, 9.17) is 0 Å². The van der Waals surface area contributed by atoms with Gasteiger partial charge in [0, 0.05) is 19.8 Å². The van der Waals surface area contributed by atoms with E-state index < -0.39 is 11.8 Å². The van der Waals surface area contributed by atoms with Crippen LogP contribution in [0.4, 0.5) is 9.52 Å². The molecule has 0 N–H and O–H groups in total. The number of nitrogens with zero attached hydrogens (tertiary/aromatic N) is 3. The number of carbonyl (C=O) groups excluding carboxylic acids is 1. The number of methoxy groups -OCH3 is 1. The van der Waals surface area contributed by atoms with Gasteiger partial charge in [-0.05, 0) is 17.7 Å². The van der Waals surface area contributed by atoms with E-state index in [0.717, 1.165) is 15.0 Å². The molecule has 0 bridgehead atoms. The summed E-state index contributed by atoms with van der Waals surface area (Å²) in [5.74, 6) is -0.696. The number of carbonyl (C=O) groups is 1.